The molecule has 34 heavy (non-hydrogen) atoms. The molecular weight excluding hydrogens is 414 g/mol. The van der Waals surface area contributed by atoms with Crippen molar-refractivity contribution in [2.24, 2.45) is 0 Å². The Hall–Kier alpha value is -4.63. The fourth-order valence-electron chi connectivity index (χ4n) is 5.02. The van der Waals surface area contributed by atoms with Crippen molar-refractivity contribution in [3.63, 3.8) is 0 Å². The molecule has 0 spiro atoms. The van der Waals surface area contributed by atoms with Gasteiger partial charge in [-0.05, 0) is 45.5 Å². The van der Waals surface area contributed by atoms with E-state index >= 15 is 0 Å². The maximum absolute atomic E-state index is 5.30. The van der Waals surface area contributed by atoms with E-state index in [4.69, 9.17) is 9.97 Å². The number of hydrogen-bond acceptors (Lipinski definition) is 3. The van der Waals surface area contributed by atoms with Crippen LogP contribution in [0.4, 0.5) is 0 Å². The van der Waals surface area contributed by atoms with Crippen molar-refractivity contribution >= 4 is 43.4 Å². The van der Waals surface area contributed by atoms with E-state index in [1.807, 2.05) is 24.5 Å². The molecule has 0 aliphatic rings. The molecule has 0 N–H and O–H groups in total. The maximum atomic E-state index is 5.30. The highest BCUT2D eigenvalue weighted by Crippen LogP contribution is 2.40. The molecule has 3 heterocycles. The number of hydrogen-bond donors (Lipinski definition) is 0. The normalized spacial score (nSPS) is 11.5. The number of benzene rings is 4. The Labute approximate surface area is 196 Å². The Morgan fingerprint density at radius 1 is 0.441 bits per heavy atom. The van der Waals surface area contributed by atoms with E-state index in [2.05, 4.69) is 89.9 Å². The molecule has 3 heteroatoms. The summed E-state index contributed by atoms with van der Waals surface area (Å²) in [4.78, 5) is 14.4. The van der Waals surface area contributed by atoms with Crippen LogP contribution in [0.2, 0.25) is 0 Å². The first kappa shape index (κ1) is 18.9. The second kappa shape index (κ2) is 7.46. The lowest BCUT2D eigenvalue weighted by Gasteiger charge is -2.14. The third kappa shape index (κ3) is 2.81. The average molecular weight is 434 g/mol. The molecule has 0 amide bonds. The van der Waals surface area contributed by atoms with Crippen molar-refractivity contribution in [1.82, 2.24) is 15.0 Å². The largest absolute Gasteiger partial charge is 0.264 e. The number of pyridine rings is 3. The second-order valence-electron chi connectivity index (χ2n) is 8.49. The third-order valence-corrected chi connectivity index (χ3v) is 6.58. The van der Waals surface area contributed by atoms with Gasteiger partial charge in [0.15, 0.2) is 0 Å². The zero-order chi connectivity index (χ0) is 22.5. The Kier molecular flexibility index (Phi) is 4.15. The zero-order valence-corrected chi connectivity index (χ0v) is 18.3. The Balaban J connectivity index is 1.58. The van der Waals surface area contributed by atoms with Gasteiger partial charge in [0, 0.05) is 40.3 Å². The van der Waals surface area contributed by atoms with Crippen LogP contribution in [0.15, 0.2) is 116 Å². The molecule has 0 fully saturated rings. The molecular formula is C31H19N3. The summed E-state index contributed by atoms with van der Waals surface area (Å²) in [7, 11) is 0. The monoisotopic (exact) mass is 433 g/mol. The van der Waals surface area contributed by atoms with E-state index in [0.29, 0.717) is 0 Å². The zero-order valence-electron chi connectivity index (χ0n) is 18.3. The van der Waals surface area contributed by atoms with Crippen LogP contribution in [-0.2, 0) is 0 Å². The van der Waals surface area contributed by atoms with Crippen LogP contribution < -0.4 is 0 Å². The topological polar surface area (TPSA) is 38.7 Å². The van der Waals surface area contributed by atoms with Gasteiger partial charge in [0.1, 0.15) is 0 Å². The van der Waals surface area contributed by atoms with E-state index in [-0.39, 0.29) is 0 Å². The maximum Gasteiger partial charge on any atom is 0.0824 e. The van der Waals surface area contributed by atoms with Crippen molar-refractivity contribution in [2.45, 2.75) is 0 Å². The minimum atomic E-state index is 0.953. The summed E-state index contributed by atoms with van der Waals surface area (Å²) in [6.45, 7) is 0. The van der Waals surface area contributed by atoms with E-state index in [1.165, 1.54) is 16.2 Å². The fourth-order valence-corrected chi connectivity index (χ4v) is 5.02. The summed E-state index contributed by atoms with van der Waals surface area (Å²) in [5.74, 6) is 0. The Bertz CT molecular complexity index is 1840. The van der Waals surface area contributed by atoms with Gasteiger partial charge >= 0.3 is 0 Å². The predicted molar refractivity (Wildman–Crippen MR) is 141 cm³/mol. The quantitative estimate of drug-likeness (QED) is 0.261. The summed E-state index contributed by atoms with van der Waals surface area (Å²) >= 11 is 0. The van der Waals surface area contributed by atoms with Crippen molar-refractivity contribution in [3.05, 3.63) is 116 Å². The molecule has 7 aromatic rings. The van der Waals surface area contributed by atoms with Crippen LogP contribution in [0, 0.1) is 0 Å². The fraction of sp³-hybridized carbons (Fsp3) is 0. The molecule has 0 unspecified atom stereocenters. The summed E-state index contributed by atoms with van der Waals surface area (Å²) in [6, 6.07) is 33.8. The summed E-state index contributed by atoms with van der Waals surface area (Å²) in [5.41, 5.74) is 6.24. The molecule has 0 saturated carbocycles. The standard InChI is InChI=1S/C31H19N3/c1-3-10-25-23(8-1)24-9-2-4-11-26(24)31-28(25)30-27(12-6-18-33-30)29(34-31)21-15-13-20(14-16-21)22-7-5-17-32-19-22/h1-19H. The van der Waals surface area contributed by atoms with E-state index < -0.39 is 0 Å². The minimum Gasteiger partial charge on any atom is -0.264 e. The van der Waals surface area contributed by atoms with Gasteiger partial charge in [0.05, 0.1) is 16.7 Å². The molecule has 0 atom stereocenters. The first-order chi connectivity index (χ1) is 16.9. The van der Waals surface area contributed by atoms with Crippen molar-refractivity contribution in [3.8, 4) is 22.4 Å². The van der Waals surface area contributed by atoms with Crippen molar-refractivity contribution in [2.75, 3.05) is 0 Å². The highest BCUT2D eigenvalue weighted by molar-refractivity contribution is 6.30. The third-order valence-electron chi connectivity index (χ3n) is 6.58. The Morgan fingerprint density at radius 2 is 1.09 bits per heavy atom. The van der Waals surface area contributed by atoms with Crippen molar-refractivity contribution in [1.29, 1.82) is 0 Å². The first-order valence-electron chi connectivity index (χ1n) is 11.4. The van der Waals surface area contributed by atoms with E-state index in [1.54, 1.807) is 6.20 Å². The summed E-state index contributed by atoms with van der Waals surface area (Å²) in [5, 5.41) is 6.95. The number of aromatic nitrogens is 3. The molecule has 0 saturated heterocycles. The van der Waals surface area contributed by atoms with Gasteiger partial charge < -0.3 is 0 Å². The lowest BCUT2D eigenvalue weighted by Crippen LogP contribution is -1.94. The summed E-state index contributed by atoms with van der Waals surface area (Å²) in [6.07, 6.45) is 5.56. The van der Waals surface area contributed by atoms with Gasteiger partial charge in [-0.15, -0.1) is 0 Å². The molecule has 0 radical (unpaired) electrons. The van der Waals surface area contributed by atoms with Gasteiger partial charge in [0.25, 0.3) is 0 Å². The van der Waals surface area contributed by atoms with Crippen LogP contribution in [0.25, 0.3) is 65.7 Å². The number of nitrogens with zero attached hydrogens (tertiary/aromatic N) is 3. The average Bonchev–Trinajstić information content (AvgIpc) is 2.93. The molecule has 0 aliphatic heterocycles. The Morgan fingerprint density at radius 3 is 1.85 bits per heavy atom. The molecule has 0 bridgehead atoms. The van der Waals surface area contributed by atoms with Crippen LogP contribution >= 0.6 is 0 Å². The number of fused-ring (bicyclic) bond motifs is 8. The molecule has 3 nitrogen and oxygen atoms in total. The second-order valence-corrected chi connectivity index (χ2v) is 8.49. The lowest BCUT2D eigenvalue weighted by molar-refractivity contribution is 1.33. The number of rotatable bonds is 2. The van der Waals surface area contributed by atoms with Crippen LogP contribution in [0.5, 0.6) is 0 Å². The van der Waals surface area contributed by atoms with Gasteiger partial charge in [-0.1, -0.05) is 78.9 Å². The van der Waals surface area contributed by atoms with Gasteiger partial charge in [-0.25, -0.2) is 4.98 Å². The van der Waals surface area contributed by atoms with Crippen molar-refractivity contribution < 1.29 is 0 Å². The molecule has 158 valence electrons. The first-order valence-corrected chi connectivity index (χ1v) is 11.4. The van der Waals surface area contributed by atoms with Gasteiger partial charge in [-0.3, -0.25) is 9.97 Å². The lowest BCUT2D eigenvalue weighted by atomic mass is 9.94. The van der Waals surface area contributed by atoms with Crippen LogP contribution in [0.3, 0.4) is 0 Å². The van der Waals surface area contributed by atoms with Gasteiger partial charge in [-0.2, -0.15) is 0 Å². The minimum absolute atomic E-state index is 0.953. The predicted octanol–water partition coefficient (Wildman–Crippen LogP) is 7.82. The SMILES string of the molecule is c1cncc(-c2ccc(-c3nc4c5ccccc5c5ccccc5c4c4ncccc34)cc2)c1. The van der Waals surface area contributed by atoms with E-state index in [9.17, 15) is 0 Å². The highest BCUT2D eigenvalue weighted by Gasteiger charge is 2.16. The van der Waals surface area contributed by atoms with Gasteiger partial charge in [0.2, 0.25) is 0 Å². The smallest absolute Gasteiger partial charge is 0.0824 e. The molecule has 7 rings (SSSR count). The van der Waals surface area contributed by atoms with Crippen LogP contribution in [0.1, 0.15) is 0 Å². The van der Waals surface area contributed by atoms with E-state index in [0.717, 1.165) is 49.6 Å². The molecule has 3 aromatic heterocycles. The molecule has 0 aliphatic carbocycles. The molecule has 4 aromatic carbocycles. The van der Waals surface area contributed by atoms with Crippen LogP contribution in [-0.4, -0.2) is 15.0 Å². The highest BCUT2D eigenvalue weighted by atomic mass is 14.7. The summed E-state index contributed by atoms with van der Waals surface area (Å²) < 4.78 is 0.